The van der Waals surface area contributed by atoms with Crippen LogP contribution in [0.2, 0.25) is 0 Å². The second-order valence-corrected chi connectivity index (χ2v) is 6.56. The van der Waals surface area contributed by atoms with Gasteiger partial charge in [0, 0.05) is 31.9 Å². The maximum Gasteiger partial charge on any atom is 0.434 e. The summed E-state index contributed by atoms with van der Waals surface area (Å²) in [5.74, 6) is 0.296. The van der Waals surface area contributed by atoms with Crippen LogP contribution >= 0.6 is 11.3 Å². The fraction of sp³-hybridized carbons (Fsp3) is 0.412. The van der Waals surface area contributed by atoms with Gasteiger partial charge in [-0.2, -0.15) is 13.2 Å². The number of aryl methyl sites for hydroxylation is 1. The number of guanidine groups is 1. The lowest BCUT2D eigenvalue weighted by atomic mass is 10.1. The van der Waals surface area contributed by atoms with Gasteiger partial charge in [0.05, 0.1) is 5.01 Å². The van der Waals surface area contributed by atoms with Gasteiger partial charge in [0.15, 0.2) is 11.7 Å². The van der Waals surface area contributed by atoms with E-state index in [1.165, 1.54) is 12.1 Å². The number of aromatic nitrogens is 1. The standard InChI is InChI=1S/C17H20F4N4S/c1-11-9-13(18)4-3-12(11)5-7-23-16(22-2)24-8-6-15-25-14(10-26-15)17(19,20)21/h3-4,9-10H,5-8H2,1-2H3,(H2,22,23,24). The summed E-state index contributed by atoms with van der Waals surface area (Å²) in [6, 6.07) is 4.67. The van der Waals surface area contributed by atoms with Gasteiger partial charge in [-0.05, 0) is 36.6 Å². The average Bonchev–Trinajstić information content (AvgIpc) is 3.04. The lowest BCUT2D eigenvalue weighted by molar-refractivity contribution is -0.140. The summed E-state index contributed by atoms with van der Waals surface area (Å²) in [6.07, 6.45) is -3.33. The van der Waals surface area contributed by atoms with Crippen LogP contribution in [-0.2, 0) is 19.0 Å². The van der Waals surface area contributed by atoms with Gasteiger partial charge in [0.25, 0.3) is 0 Å². The minimum Gasteiger partial charge on any atom is -0.356 e. The van der Waals surface area contributed by atoms with E-state index >= 15 is 0 Å². The maximum atomic E-state index is 13.1. The molecule has 0 fully saturated rings. The van der Waals surface area contributed by atoms with Gasteiger partial charge in [-0.3, -0.25) is 4.99 Å². The normalized spacial score (nSPS) is 12.3. The molecule has 2 aromatic rings. The summed E-state index contributed by atoms with van der Waals surface area (Å²) in [4.78, 5) is 7.65. The number of benzene rings is 1. The molecule has 0 saturated heterocycles. The molecule has 0 spiro atoms. The van der Waals surface area contributed by atoms with Crippen molar-refractivity contribution in [3.05, 3.63) is 51.2 Å². The Labute approximate surface area is 153 Å². The van der Waals surface area contributed by atoms with Crippen molar-refractivity contribution in [3.63, 3.8) is 0 Å². The zero-order valence-corrected chi connectivity index (χ0v) is 15.3. The molecule has 0 aliphatic heterocycles. The highest BCUT2D eigenvalue weighted by molar-refractivity contribution is 7.09. The van der Waals surface area contributed by atoms with E-state index in [1.54, 1.807) is 13.1 Å². The number of hydrogen-bond acceptors (Lipinski definition) is 3. The van der Waals surface area contributed by atoms with Crippen molar-refractivity contribution in [2.45, 2.75) is 25.9 Å². The second kappa shape index (κ2) is 8.98. The van der Waals surface area contributed by atoms with Gasteiger partial charge < -0.3 is 10.6 Å². The Hall–Kier alpha value is -2.16. The molecule has 0 radical (unpaired) electrons. The van der Waals surface area contributed by atoms with Crippen LogP contribution in [0.25, 0.3) is 0 Å². The topological polar surface area (TPSA) is 49.3 Å². The van der Waals surface area contributed by atoms with Crippen molar-refractivity contribution in [1.82, 2.24) is 15.6 Å². The monoisotopic (exact) mass is 388 g/mol. The molecule has 142 valence electrons. The highest BCUT2D eigenvalue weighted by atomic mass is 32.1. The van der Waals surface area contributed by atoms with Crippen LogP contribution in [0.4, 0.5) is 17.6 Å². The number of aliphatic imine (C=N–C) groups is 1. The molecule has 0 bridgehead atoms. The van der Waals surface area contributed by atoms with Gasteiger partial charge in [-0.15, -0.1) is 11.3 Å². The third kappa shape index (κ3) is 5.98. The second-order valence-electron chi connectivity index (χ2n) is 5.62. The lowest BCUT2D eigenvalue weighted by Gasteiger charge is -2.12. The first-order valence-electron chi connectivity index (χ1n) is 8.00. The van der Waals surface area contributed by atoms with E-state index in [9.17, 15) is 17.6 Å². The molecular weight excluding hydrogens is 368 g/mol. The summed E-state index contributed by atoms with van der Waals surface area (Å²) in [5, 5.41) is 7.60. The van der Waals surface area contributed by atoms with Crippen molar-refractivity contribution in [2.24, 2.45) is 4.99 Å². The Morgan fingerprint density at radius 2 is 1.88 bits per heavy atom. The fourth-order valence-electron chi connectivity index (χ4n) is 2.32. The molecule has 0 aliphatic rings. The third-order valence-corrected chi connectivity index (χ3v) is 4.60. The molecule has 2 rings (SSSR count). The van der Waals surface area contributed by atoms with Crippen molar-refractivity contribution < 1.29 is 17.6 Å². The average molecular weight is 388 g/mol. The van der Waals surface area contributed by atoms with Gasteiger partial charge in [-0.1, -0.05) is 6.07 Å². The van der Waals surface area contributed by atoms with E-state index in [1.807, 2.05) is 6.92 Å². The summed E-state index contributed by atoms with van der Waals surface area (Å²) in [7, 11) is 1.61. The Bertz CT molecular complexity index is 755. The van der Waals surface area contributed by atoms with E-state index in [4.69, 9.17) is 0 Å². The first-order valence-corrected chi connectivity index (χ1v) is 8.88. The van der Waals surface area contributed by atoms with E-state index in [-0.39, 0.29) is 5.82 Å². The number of nitrogens with zero attached hydrogens (tertiary/aromatic N) is 2. The Balaban J connectivity index is 1.75. The quantitative estimate of drug-likeness (QED) is 0.452. The molecule has 1 heterocycles. The zero-order chi connectivity index (χ0) is 19.2. The first-order chi connectivity index (χ1) is 12.3. The minimum absolute atomic E-state index is 0.257. The van der Waals surface area contributed by atoms with Crippen LogP contribution in [0.15, 0.2) is 28.6 Å². The molecule has 9 heteroatoms. The SMILES string of the molecule is CN=C(NCCc1nc(C(F)(F)F)cs1)NCCc1ccc(F)cc1C. The summed E-state index contributed by atoms with van der Waals surface area (Å²) >= 11 is 0.992. The predicted octanol–water partition coefficient (Wildman–Crippen LogP) is 3.56. The fourth-order valence-corrected chi connectivity index (χ4v) is 3.12. The highest BCUT2D eigenvalue weighted by Gasteiger charge is 2.33. The van der Waals surface area contributed by atoms with Crippen molar-refractivity contribution in [3.8, 4) is 0 Å². The third-order valence-electron chi connectivity index (χ3n) is 3.69. The van der Waals surface area contributed by atoms with Crippen LogP contribution in [0.3, 0.4) is 0 Å². The Morgan fingerprint density at radius 1 is 1.19 bits per heavy atom. The van der Waals surface area contributed by atoms with E-state index in [2.05, 4.69) is 20.6 Å². The predicted molar refractivity (Wildman–Crippen MR) is 95.0 cm³/mol. The van der Waals surface area contributed by atoms with E-state index in [0.29, 0.717) is 36.9 Å². The van der Waals surface area contributed by atoms with Crippen LogP contribution in [-0.4, -0.2) is 31.1 Å². The van der Waals surface area contributed by atoms with Crippen LogP contribution in [0, 0.1) is 12.7 Å². The molecule has 0 amide bonds. The summed E-state index contributed by atoms with van der Waals surface area (Å²) in [5.41, 5.74) is 1.07. The Kier molecular flexibility index (Phi) is 6.96. The largest absolute Gasteiger partial charge is 0.434 e. The molecule has 1 aromatic carbocycles. The maximum absolute atomic E-state index is 13.1. The van der Waals surface area contributed by atoms with Gasteiger partial charge in [0.2, 0.25) is 0 Å². The molecule has 2 N–H and O–H groups in total. The zero-order valence-electron chi connectivity index (χ0n) is 14.5. The van der Waals surface area contributed by atoms with Gasteiger partial charge >= 0.3 is 6.18 Å². The van der Waals surface area contributed by atoms with Crippen LogP contribution in [0.5, 0.6) is 0 Å². The molecule has 0 unspecified atom stereocenters. The van der Waals surface area contributed by atoms with E-state index < -0.39 is 11.9 Å². The van der Waals surface area contributed by atoms with Crippen LogP contribution in [0.1, 0.15) is 21.8 Å². The summed E-state index contributed by atoms with van der Waals surface area (Å²) < 4.78 is 50.6. The van der Waals surface area contributed by atoms with Crippen molar-refractivity contribution >= 4 is 17.3 Å². The van der Waals surface area contributed by atoms with Gasteiger partial charge in [0.1, 0.15) is 5.82 Å². The first kappa shape index (κ1) is 20.2. The number of alkyl halides is 3. The Morgan fingerprint density at radius 3 is 2.46 bits per heavy atom. The van der Waals surface area contributed by atoms with Crippen molar-refractivity contribution in [2.75, 3.05) is 20.1 Å². The van der Waals surface area contributed by atoms with Crippen LogP contribution < -0.4 is 10.6 Å². The molecular formula is C17H20F4N4S. The highest BCUT2D eigenvalue weighted by Crippen LogP contribution is 2.29. The minimum atomic E-state index is -4.40. The number of rotatable bonds is 6. The molecule has 4 nitrogen and oxygen atoms in total. The van der Waals surface area contributed by atoms with Gasteiger partial charge in [-0.25, -0.2) is 9.37 Å². The van der Waals surface area contributed by atoms with E-state index in [0.717, 1.165) is 27.8 Å². The number of nitrogens with one attached hydrogen (secondary N) is 2. The lowest BCUT2D eigenvalue weighted by Crippen LogP contribution is -2.39. The summed E-state index contributed by atoms with van der Waals surface area (Å²) in [6.45, 7) is 2.87. The molecule has 26 heavy (non-hydrogen) atoms. The molecule has 1 aromatic heterocycles. The smallest absolute Gasteiger partial charge is 0.356 e. The molecule has 0 saturated carbocycles. The number of thiazole rings is 1. The molecule has 0 atom stereocenters. The number of hydrogen-bond donors (Lipinski definition) is 2. The van der Waals surface area contributed by atoms with Crippen molar-refractivity contribution in [1.29, 1.82) is 0 Å². The number of halogens is 4. The molecule has 0 aliphatic carbocycles.